The summed E-state index contributed by atoms with van der Waals surface area (Å²) in [6.45, 7) is 3.62. The number of anilines is 2. The van der Waals surface area contributed by atoms with Gasteiger partial charge in [0.25, 0.3) is 0 Å². The summed E-state index contributed by atoms with van der Waals surface area (Å²) in [4.78, 5) is 11.5. The SMILES string of the molecule is CC(=O)c1ccccc1Nc1ccccc1C. The van der Waals surface area contributed by atoms with E-state index in [1.807, 2.05) is 55.5 Å². The Hall–Kier alpha value is -2.09. The number of nitrogens with one attached hydrogen (secondary N) is 1. The quantitative estimate of drug-likeness (QED) is 0.801. The van der Waals surface area contributed by atoms with Gasteiger partial charge in [-0.2, -0.15) is 0 Å². The Morgan fingerprint density at radius 3 is 2.18 bits per heavy atom. The molecule has 2 rings (SSSR count). The Morgan fingerprint density at radius 1 is 0.941 bits per heavy atom. The van der Waals surface area contributed by atoms with Crippen LogP contribution < -0.4 is 5.32 Å². The van der Waals surface area contributed by atoms with E-state index in [1.54, 1.807) is 6.92 Å². The molecule has 0 saturated heterocycles. The number of Topliss-reactive ketones (excluding diaryl/α,β-unsaturated/α-hetero) is 1. The van der Waals surface area contributed by atoms with Gasteiger partial charge in [-0.3, -0.25) is 4.79 Å². The number of hydrogen-bond donors (Lipinski definition) is 1. The maximum Gasteiger partial charge on any atom is 0.161 e. The minimum absolute atomic E-state index is 0.0710. The number of rotatable bonds is 3. The number of hydrogen-bond acceptors (Lipinski definition) is 2. The molecule has 17 heavy (non-hydrogen) atoms. The van der Waals surface area contributed by atoms with Gasteiger partial charge in [-0.25, -0.2) is 0 Å². The van der Waals surface area contributed by atoms with Crippen LogP contribution in [0.15, 0.2) is 48.5 Å². The van der Waals surface area contributed by atoms with Crippen molar-refractivity contribution in [1.82, 2.24) is 0 Å². The van der Waals surface area contributed by atoms with Crippen LogP contribution in [0.2, 0.25) is 0 Å². The second-order valence-electron chi connectivity index (χ2n) is 4.04. The molecule has 2 heteroatoms. The number of carbonyl (C=O) groups is 1. The van der Waals surface area contributed by atoms with Crippen molar-refractivity contribution in [2.24, 2.45) is 0 Å². The molecule has 0 aliphatic rings. The van der Waals surface area contributed by atoms with E-state index < -0.39 is 0 Å². The summed E-state index contributed by atoms with van der Waals surface area (Å²) in [5.74, 6) is 0.0710. The second-order valence-corrected chi connectivity index (χ2v) is 4.04. The molecule has 0 saturated carbocycles. The third kappa shape index (κ3) is 2.53. The summed E-state index contributed by atoms with van der Waals surface area (Å²) in [6, 6.07) is 15.6. The predicted octanol–water partition coefficient (Wildman–Crippen LogP) is 3.94. The van der Waals surface area contributed by atoms with Crippen molar-refractivity contribution in [2.45, 2.75) is 13.8 Å². The van der Waals surface area contributed by atoms with Gasteiger partial charge < -0.3 is 5.32 Å². The van der Waals surface area contributed by atoms with Crippen molar-refractivity contribution >= 4 is 17.2 Å². The normalized spacial score (nSPS) is 10.0. The monoisotopic (exact) mass is 225 g/mol. The largest absolute Gasteiger partial charge is 0.355 e. The summed E-state index contributed by atoms with van der Waals surface area (Å²) < 4.78 is 0. The van der Waals surface area contributed by atoms with E-state index >= 15 is 0 Å². The first-order chi connectivity index (χ1) is 8.18. The van der Waals surface area contributed by atoms with Crippen LogP contribution in [0.4, 0.5) is 11.4 Å². The van der Waals surface area contributed by atoms with Crippen LogP contribution >= 0.6 is 0 Å². The smallest absolute Gasteiger partial charge is 0.161 e. The summed E-state index contributed by atoms with van der Waals surface area (Å²) in [5.41, 5.74) is 3.76. The van der Waals surface area contributed by atoms with E-state index in [1.165, 1.54) is 0 Å². The Labute approximate surface area is 101 Å². The zero-order valence-corrected chi connectivity index (χ0v) is 10.0. The fraction of sp³-hybridized carbons (Fsp3) is 0.133. The first kappa shape index (κ1) is 11.4. The van der Waals surface area contributed by atoms with Crippen LogP contribution in [0.3, 0.4) is 0 Å². The van der Waals surface area contributed by atoms with Crippen molar-refractivity contribution in [3.63, 3.8) is 0 Å². The van der Waals surface area contributed by atoms with Gasteiger partial charge in [0.05, 0.1) is 0 Å². The molecule has 0 unspecified atom stereocenters. The van der Waals surface area contributed by atoms with Crippen molar-refractivity contribution in [3.05, 3.63) is 59.7 Å². The number of aryl methyl sites for hydroxylation is 1. The van der Waals surface area contributed by atoms with E-state index in [-0.39, 0.29) is 5.78 Å². The lowest BCUT2D eigenvalue weighted by Crippen LogP contribution is -2.00. The molecule has 0 fully saturated rings. The van der Waals surface area contributed by atoms with Crippen molar-refractivity contribution in [3.8, 4) is 0 Å². The molecule has 2 aromatic carbocycles. The van der Waals surface area contributed by atoms with Gasteiger partial charge in [-0.05, 0) is 37.6 Å². The van der Waals surface area contributed by atoms with E-state index in [0.717, 1.165) is 22.5 Å². The zero-order valence-electron chi connectivity index (χ0n) is 10.0. The molecule has 86 valence electrons. The highest BCUT2D eigenvalue weighted by Gasteiger charge is 2.06. The maximum absolute atomic E-state index is 11.5. The fourth-order valence-electron chi connectivity index (χ4n) is 1.76. The predicted molar refractivity (Wildman–Crippen MR) is 70.9 cm³/mol. The van der Waals surface area contributed by atoms with Gasteiger partial charge in [0.2, 0.25) is 0 Å². The van der Waals surface area contributed by atoms with Gasteiger partial charge >= 0.3 is 0 Å². The first-order valence-corrected chi connectivity index (χ1v) is 5.61. The molecule has 2 nitrogen and oxygen atoms in total. The molecule has 0 aliphatic carbocycles. The van der Waals surface area contributed by atoms with Crippen LogP contribution in [0.1, 0.15) is 22.8 Å². The number of para-hydroxylation sites is 2. The third-order valence-electron chi connectivity index (χ3n) is 2.72. The van der Waals surface area contributed by atoms with Gasteiger partial charge in [0.1, 0.15) is 0 Å². The highest BCUT2D eigenvalue weighted by Crippen LogP contribution is 2.23. The highest BCUT2D eigenvalue weighted by atomic mass is 16.1. The molecular weight excluding hydrogens is 210 g/mol. The minimum Gasteiger partial charge on any atom is -0.355 e. The van der Waals surface area contributed by atoms with Crippen molar-refractivity contribution in [2.75, 3.05) is 5.32 Å². The third-order valence-corrected chi connectivity index (χ3v) is 2.72. The lowest BCUT2D eigenvalue weighted by molar-refractivity contribution is 0.101. The molecular formula is C15H15NO. The van der Waals surface area contributed by atoms with E-state index in [0.29, 0.717) is 0 Å². The average Bonchev–Trinajstić information content (AvgIpc) is 2.32. The second kappa shape index (κ2) is 4.83. The summed E-state index contributed by atoms with van der Waals surface area (Å²) in [5, 5.41) is 3.30. The van der Waals surface area contributed by atoms with Crippen LogP contribution in [0.5, 0.6) is 0 Å². The highest BCUT2D eigenvalue weighted by molar-refractivity contribution is 6.00. The molecule has 0 radical (unpaired) electrons. The molecule has 1 N–H and O–H groups in total. The lowest BCUT2D eigenvalue weighted by Gasteiger charge is -2.12. The van der Waals surface area contributed by atoms with Gasteiger partial charge in [-0.1, -0.05) is 30.3 Å². The number of benzene rings is 2. The topological polar surface area (TPSA) is 29.1 Å². The van der Waals surface area contributed by atoms with E-state index in [4.69, 9.17) is 0 Å². The number of ketones is 1. The summed E-state index contributed by atoms with van der Waals surface area (Å²) in [7, 11) is 0. The van der Waals surface area contributed by atoms with Crippen LogP contribution in [-0.4, -0.2) is 5.78 Å². The van der Waals surface area contributed by atoms with Crippen LogP contribution in [0, 0.1) is 6.92 Å². The summed E-state index contributed by atoms with van der Waals surface area (Å²) in [6.07, 6.45) is 0. The molecule has 2 aromatic rings. The van der Waals surface area contributed by atoms with Gasteiger partial charge in [0.15, 0.2) is 5.78 Å². The maximum atomic E-state index is 11.5. The molecule has 0 spiro atoms. The molecule has 0 aliphatic heterocycles. The van der Waals surface area contributed by atoms with Crippen LogP contribution in [0.25, 0.3) is 0 Å². The minimum atomic E-state index is 0.0710. The molecule has 0 heterocycles. The van der Waals surface area contributed by atoms with E-state index in [9.17, 15) is 4.79 Å². The Bertz CT molecular complexity index is 546. The molecule has 0 aromatic heterocycles. The Balaban J connectivity index is 2.37. The zero-order chi connectivity index (χ0) is 12.3. The lowest BCUT2D eigenvalue weighted by atomic mass is 10.1. The Kier molecular flexibility index (Phi) is 3.24. The molecule has 0 amide bonds. The number of carbonyl (C=O) groups excluding carboxylic acids is 1. The average molecular weight is 225 g/mol. The van der Waals surface area contributed by atoms with E-state index in [2.05, 4.69) is 5.32 Å². The van der Waals surface area contributed by atoms with Gasteiger partial charge in [0, 0.05) is 16.9 Å². The molecule has 0 bridgehead atoms. The van der Waals surface area contributed by atoms with Crippen molar-refractivity contribution in [1.29, 1.82) is 0 Å². The van der Waals surface area contributed by atoms with Crippen LogP contribution in [-0.2, 0) is 0 Å². The summed E-state index contributed by atoms with van der Waals surface area (Å²) >= 11 is 0. The molecule has 0 atom stereocenters. The fourth-order valence-corrected chi connectivity index (χ4v) is 1.76. The Morgan fingerprint density at radius 2 is 1.53 bits per heavy atom. The first-order valence-electron chi connectivity index (χ1n) is 5.61. The standard InChI is InChI=1S/C15H15NO/c1-11-7-3-5-9-14(11)16-15-10-6-4-8-13(15)12(2)17/h3-10,16H,1-2H3. The van der Waals surface area contributed by atoms with Crippen molar-refractivity contribution < 1.29 is 4.79 Å². The van der Waals surface area contributed by atoms with Gasteiger partial charge in [-0.15, -0.1) is 0 Å².